The van der Waals surface area contributed by atoms with Gasteiger partial charge in [0.25, 0.3) is 0 Å². The largest absolute Gasteiger partial charge is 0.369 e. The van der Waals surface area contributed by atoms with Gasteiger partial charge in [0.2, 0.25) is 0 Å². The number of rotatable bonds is 3. The van der Waals surface area contributed by atoms with Gasteiger partial charge in [0.15, 0.2) is 0 Å². The van der Waals surface area contributed by atoms with Crippen molar-refractivity contribution in [1.29, 1.82) is 0 Å². The highest BCUT2D eigenvalue weighted by molar-refractivity contribution is 9.10. The summed E-state index contributed by atoms with van der Waals surface area (Å²) in [5.74, 6) is 0. The van der Waals surface area contributed by atoms with E-state index in [0.717, 1.165) is 37.2 Å². The standard InChI is InChI=1S/C18H19BrN4/c19-15-2-1-14-11-16(21-18(14)12-15)13-22-7-9-23(10-8-22)17-3-5-20-6-4-17/h1-6,11-12,21H,7-10,13H2. The Morgan fingerprint density at radius 2 is 1.78 bits per heavy atom. The Morgan fingerprint density at radius 3 is 2.57 bits per heavy atom. The molecule has 1 N–H and O–H groups in total. The third-order valence-electron chi connectivity index (χ3n) is 4.43. The first kappa shape index (κ1) is 14.7. The van der Waals surface area contributed by atoms with Crippen LogP contribution in [0.25, 0.3) is 10.9 Å². The minimum atomic E-state index is 0.983. The average Bonchev–Trinajstić information content (AvgIpc) is 2.97. The first-order valence-electron chi connectivity index (χ1n) is 7.92. The first-order valence-corrected chi connectivity index (χ1v) is 8.72. The van der Waals surface area contributed by atoms with Crippen LogP contribution in [0.3, 0.4) is 0 Å². The smallest absolute Gasteiger partial charge is 0.0467 e. The Morgan fingerprint density at radius 1 is 1.00 bits per heavy atom. The van der Waals surface area contributed by atoms with Crippen LogP contribution >= 0.6 is 15.9 Å². The predicted molar refractivity (Wildman–Crippen MR) is 97.7 cm³/mol. The van der Waals surface area contributed by atoms with Crippen LogP contribution in [0.4, 0.5) is 5.69 Å². The number of hydrogen-bond donors (Lipinski definition) is 1. The Bertz CT molecular complexity index is 791. The van der Waals surface area contributed by atoms with Gasteiger partial charge in [0.1, 0.15) is 0 Å². The molecule has 1 aromatic carbocycles. The minimum absolute atomic E-state index is 0.983. The molecule has 1 saturated heterocycles. The van der Waals surface area contributed by atoms with Gasteiger partial charge >= 0.3 is 0 Å². The molecule has 4 rings (SSSR count). The van der Waals surface area contributed by atoms with Gasteiger partial charge in [-0.1, -0.05) is 22.0 Å². The van der Waals surface area contributed by atoms with Gasteiger partial charge in [0, 0.05) is 66.5 Å². The summed E-state index contributed by atoms with van der Waals surface area (Å²) in [6.07, 6.45) is 3.73. The van der Waals surface area contributed by atoms with Crippen molar-refractivity contribution >= 4 is 32.5 Å². The molecule has 118 valence electrons. The van der Waals surface area contributed by atoms with E-state index in [-0.39, 0.29) is 0 Å². The number of H-pyrrole nitrogens is 1. The normalized spacial score (nSPS) is 16.1. The van der Waals surface area contributed by atoms with Gasteiger partial charge in [-0.15, -0.1) is 0 Å². The molecule has 0 spiro atoms. The number of fused-ring (bicyclic) bond motifs is 1. The quantitative estimate of drug-likeness (QED) is 0.764. The lowest BCUT2D eigenvalue weighted by Gasteiger charge is -2.35. The summed E-state index contributed by atoms with van der Waals surface area (Å²) >= 11 is 3.53. The molecule has 0 unspecified atom stereocenters. The third-order valence-corrected chi connectivity index (χ3v) is 4.93. The van der Waals surface area contributed by atoms with Gasteiger partial charge in [0.05, 0.1) is 0 Å². The number of anilines is 1. The second-order valence-electron chi connectivity index (χ2n) is 5.99. The van der Waals surface area contributed by atoms with Crippen molar-refractivity contribution < 1.29 is 0 Å². The van der Waals surface area contributed by atoms with Crippen molar-refractivity contribution in [2.75, 3.05) is 31.1 Å². The van der Waals surface area contributed by atoms with Crippen LogP contribution < -0.4 is 4.90 Å². The molecule has 0 radical (unpaired) electrons. The van der Waals surface area contributed by atoms with E-state index in [1.807, 2.05) is 12.4 Å². The summed E-state index contributed by atoms with van der Waals surface area (Å²) in [6.45, 7) is 5.28. The third kappa shape index (κ3) is 3.26. The monoisotopic (exact) mass is 370 g/mol. The van der Waals surface area contributed by atoms with Crippen LogP contribution in [-0.2, 0) is 6.54 Å². The van der Waals surface area contributed by atoms with Crippen LogP contribution in [0.5, 0.6) is 0 Å². The fourth-order valence-corrected chi connectivity index (χ4v) is 3.57. The molecular formula is C18H19BrN4. The Kier molecular flexibility index (Phi) is 4.06. The highest BCUT2D eigenvalue weighted by Gasteiger charge is 2.17. The van der Waals surface area contributed by atoms with Gasteiger partial charge in [-0.3, -0.25) is 9.88 Å². The van der Waals surface area contributed by atoms with E-state index >= 15 is 0 Å². The molecule has 0 saturated carbocycles. The van der Waals surface area contributed by atoms with Crippen LogP contribution in [0.2, 0.25) is 0 Å². The van der Waals surface area contributed by atoms with Crippen LogP contribution in [0.15, 0.2) is 53.3 Å². The zero-order valence-corrected chi connectivity index (χ0v) is 14.5. The molecule has 1 aliphatic heterocycles. The molecule has 5 heteroatoms. The van der Waals surface area contributed by atoms with E-state index in [2.05, 4.69) is 72.1 Å². The maximum absolute atomic E-state index is 4.09. The SMILES string of the molecule is Brc1ccc2cc(CN3CCN(c4ccncc4)CC3)[nH]c2c1. The lowest BCUT2D eigenvalue weighted by atomic mass is 10.2. The molecule has 3 aromatic rings. The Balaban J connectivity index is 1.40. The first-order chi connectivity index (χ1) is 11.3. The predicted octanol–water partition coefficient (Wildman–Crippen LogP) is 3.65. The highest BCUT2D eigenvalue weighted by atomic mass is 79.9. The number of halogens is 1. The fraction of sp³-hybridized carbons (Fsp3) is 0.278. The van der Waals surface area contributed by atoms with Crippen LogP contribution in [0.1, 0.15) is 5.69 Å². The van der Waals surface area contributed by atoms with E-state index in [0.29, 0.717) is 0 Å². The van der Waals surface area contributed by atoms with Crippen molar-refractivity contribution in [2.24, 2.45) is 0 Å². The Hall–Kier alpha value is -1.85. The molecule has 0 bridgehead atoms. The summed E-state index contributed by atoms with van der Waals surface area (Å²) < 4.78 is 1.12. The number of pyridine rings is 1. The molecule has 1 fully saturated rings. The number of nitrogens with zero attached hydrogens (tertiary/aromatic N) is 3. The summed E-state index contributed by atoms with van der Waals surface area (Å²) in [4.78, 5) is 12.6. The number of benzene rings is 1. The topological polar surface area (TPSA) is 35.2 Å². The second kappa shape index (κ2) is 6.34. The molecule has 0 amide bonds. The van der Waals surface area contributed by atoms with Gasteiger partial charge in [-0.2, -0.15) is 0 Å². The zero-order chi connectivity index (χ0) is 15.6. The van der Waals surface area contributed by atoms with Gasteiger partial charge < -0.3 is 9.88 Å². The molecule has 3 heterocycles. The lowest BCUT2D eigenvalue weighted by molar-refractivity contribution is 0.247. The maximum Gasteiger partial charge on any atom is 0.0467 e. The fourth-order valence-electron chi connectivity index (χ4n) is 3.20. The van der Waals surface area contributed by atoms with E-state index < -0.39 is 0 Å². The van der Waals surface area contributed by atoms with Crippen molar-refractivity contribution in [1.82, 2.24) is 14.9 Å². The van der Waals surface area contributed by atoms with Crippen LogP contribution in [0, 0.1) is 0 Å². The van der Waals surface area contributed by atoms with Crippen molar-refractivity contribution in [2.45, 2.75) is 6.54 Å². The number of nitrogens with one attached hydrogen (secondary N) is 1. The molecule has 0 aliphatic carbocycles. The van der Waals surface area contributed by atoms with Crippen molar-refractivity contribution in [3.05, 3.63) is 59.0 Å². The van der Waals surface area contributed by atoms with E-state index in [1.54, 1.807) is 0 Å². The van der Waals surface area contributed by atoms with Gasteiger partial charge in [-0.05, 0) is 35.7 Å². The van der Waals surface area contributed by atoms with Crippen molar-refractivity contribution in [3.63, 3.8) is 0 Å². The lowest BCUT2D eigenvalue weighted by Crippen LogP contribution is -2.46. The minimum Gasteiger partial charge on any atom is -0.369 e. The number of hydrogen-bond acceptors (Lipinski definition) is 3. The number of piperazine rings is 1. The van der Waals surface area contributed by atoms with E-state index in [4.69, 9.17) is 0 Å². The average molecular weight is 371 g/mol. The Labute approximate surface area is 144 Å². The van der Waals surface area contributed by atoms with Crippen LogP contribution in [-0.4, -0.2) is 41.0 Å². The van der Waals surface area contributed by atoms with Gasteiger partial charge in [-0.25, -0.2) is 0 Å². The summed E-state index contributed by atoms with van der Waals surface area (Å²) in [5.41, 5.74) is 3.76. The molecular weight excluding hydrogens is 352 g/mol. The second-order valence-corrected chi connectivity index (χ2v) is 6.91. The maximum atomic E-state index is 4.09. The molecule has 0 atom stereocenters. The zero-order valence-electron chi connectivity index (χ0n) is 12.9. The molecule has 2 aromatic heterocycles. The van der Waals surface area contributed by atoms with Crippen molar-refractivity contribution in [3.8, 4) is 0 Å². The van der Waals surface area contributed by atoms with E-state index in [9.17, 15) is 0 Å². The summed E-state index contributed by atoms with van der Waals surface area (Å²) in [7, 11) is 0. The van der Waals surface area contributed by atoms with E-state index in [1.165, 1.54) is 22.3 Å². The number of aromatic nitrogens is 2. The highest BCUT2D eigenvalue weighted by Crippen LogP contribution is 2.22. The molecule has 23 heavy (non-hydrogen) atoms. The molecule has 4 nitrogen and oxygen atoms in total. The molecule has 1 aliphatic rings. The number of aromatic amines is 1. The summed E-state index contributed by atoms with van der Waals surface area (Å²) in [6, 6.07) is 12.8. The summed E-state index contributed by atoms with van der Waals surface area (Å²) in [5, 5.41) is 1.28.